The monoisotopic (exact) mass is 225 g/mol. The highest BCUT2D eigenvalue weighted by molar-refractivity contribution is 7.10. The van der Waals surface area contributed by atoms with Gasteiger partial charge in [0.05, 0.1) is 0 Å². The smallest absolute Gasteiger partial charge is 0.0305 e. The van der Waals surface area contributed by atoms with Crippen LogP contribution in [0.4, 0.5) is 0 Å². The van der Waals surface area contributed by atoms with Crippen molar-refractivity contribution in [3.63, 3.8) is 0 Å². The van der Waals surface area contributed by atoms with Crippen LogP contribution in [-0.2, 0) is 13.0 Å². The van der Waals surface area contributed by atoms with Crippen LogP contribution in [0, 0.1) is 5.92 Å². The maximum atomic E-state index is 3.66. The van der Waals surface area contributed by atoms with E-state index >= 15 is 0 Å². The van der Waals surface area contributed by atoms with Gasteiger partial charge in [0.1, 0.15) is 0 Å². The summed E-state index contributed by atoms with van der Waals surface area (Å²) in [5, 5.41) is 5.86. The molecule has 1 N–H and O–H groups in total. The second-order valence-electron chi connectivity index (χ2n) is 4.36. The minimum atomic E-state index is 0.650. The Balaban J connectivity index is 2.48. The maximum Gasteiger partial charge on any atom is 0.0305 e. The lowest BCUT2D eigenvalue weighted by Gasteiger charge is -2.20. The number of rotatable bonds is 6. The summed E-state index contributed by atoms with van der Waals surface area (Å²) in [7, 11) is 0. The first-order valence-electron chi connectivity index (χ1n) is 5.97. The largest absolute Gasteiger partial charge is 0.309 e. The molecule has 0 aliphatic heterocycles. The van der Waals surface area contributed by atoms with E-state index in [9.17, 15) is 0 Å². The van der Waals surface area contributed by atoms with Crippen LogP contribution in [-0.4, -0.2) is 6.04 Å². The first-order valence-corrected chi connectivity index (χ1v) is 6.85. The van der Waals surface area contributed by atoms with Gasteiger partial charge in [-0.25, -0.2) is 0 Å². The fourth-order valence-electron chi connectivity index (χ4n) is 1.91. The topological polar surface area (TPSA) is 12.0 Å². The van der Waals surface area contributed by atoms with E-state index in [2.05, 4.69) is 44.5 Å². The molecule has 0 aromatic carbocycles. The van der Waals surface area contributed by atoms with Gasteiger partial charge in [-0.05, 0) is 35.8 Å². The Labute approximate surface area is 97.9 Å². The zero-order chi connectivity index (χ0) is 11.3. The Morgan fingerprint density at radius 1 is 1.33 bits per heavy atom. The summed E-state index contributed by atoms with van der Waals surface area (Å²) in [6.45, 7) is 10.1. The van der Waals surface area contributed by atoms with Crippen molar-refractivity contribution in [1.82, 2.24) is 5.32 Å². The van der Waals surface area contributed by atoms with Crippen molar-refractivity contribution < 1.29 is 0 Å². The van der Waals surface area contributed by atoms with Crippen molar-refractivity contribution >= 4 is 11.3 Å². The van der Waals surface area contributed by atoms with Crippen molar-refractivity contribution in [2.45, 2.75) is 53.1 Å². The molecule has 0 spiro atoms. The summed E-state index contributed by atoms with van der Waals surface area (Å²) < 4.78 is 0. The number of aryl methyl sites for hydroxylation is 1. The molecule has 1 rings (SSSR count). The lowest BCUT2D eigenvalue weighted by molar-refractivity contribution is 0.388. The van der Waals surface area contributed by atoms with Gasteiger partial charge in [-0.3, -0.25) is 0 Å². The third-order valence-electron chi connectivity index (χ3n) is 2.99. The summed E-state index contributed by atoms with van der Waals surface area (Å²) in [5.41, 5.74) is 1.51. The summed E-state index contributed by atoms with van der Waals surface area (Å²) in [4.78, 5) is 1.51. The molecule has 0 saturated carbocycles. The molecule has 0 aliphatic carbocycles. The van der Waals surface area contributed by atoms with Gasteiger partial charge in [-0.15, -0.1) is 11.3 Å². The highest BCUT2D eigenvalue weighted by Gasteiger charge is 2.11. The summed E-state index contributed by atoms with van der Waals surface area (Å²) >= 11 is 1.88. The molecule has 1 atom stereocenters. The quantitative estimate of drug-likeness (QED) is 0.776. The van der Waals surface area contributed by atoms with Gasteiger partial charge in [-0.2, -0.15) is 0 Å². The van der Waals surface area contributed by atoms with Crippen LogP contribution in [0.2, 0.25) is 0 Å². The molecule has 0 bridgehead atoms. The van der Waals surface area contributed by atoms with Gasteiger partial charge in [0.15, 0.2) is 0 Å². The van der Waals surface area contributed by atoms with E-state index in [4.69, 9.17) is 0 Å². The Hall–Kier alpha value is -0.340. The number of thiophene rings is 1. The second kappa shape index (κ2) is 6.29. The van der Waals surface area contributed by atoms with Gasteiger partial charge >= 0.3 is 0 Å². The lowest BCUT2D eigenvalue weighted by Crippen LogP contribution is -2.32. The molecule has 15 heavy (non-hydrogen) atoms. The average molecular weight is 225 g/mol. The predicted molar refractivity (Wildman–Crippen MR) is 69.5 cm³/mol. The summed E-state index contributed by atoms with van der Waals surface area (Å²) in [6, 6.07) is 2.90. The fourth-order valence-corrected chi connectivity index (χ4v) is 2.84. The van der Waals surface area contributed by atoms with E-state index in [1.807, 2.05) is 11.3 Å². The molecule has 1 aromatic heterocycles. The Morgan fingerprint density at radius 2 is 2.07 bits per heavy atom. The van der Waals surface area contributed by atoms with E-state index < -0.39 is 0 Å². The van der Waals surface area contributed by atoms with E-state index in [-0.39, 0.29) is 0 Å². The lowest BCUT2D eigenvalue weighted by atomic mass is 10.0. The molecule has 1 aromatic rings. The summed E-state index contributed by atoms with van der Waals surface area (Å²) in [5.74, 6) is 0.722. The minimum absolute atomic E-state index is 0.650. The number of hydrogen-bond acceptors (Lipinski definition) is 2. The number of hydrogen-bond donors (Lipinski definition) is 1. The van der Waals surface area contributed by atoms with E-state index in [1.165, 1.54) is 16.9 Å². The molecule has 0 amide bonds. The standard InChI is InChI=1S/C13H23NS/c1-5-11-7-8-15-13(11)9-14-12(6-2)10(3)4/h7-8,10,12,14H,5-6,9H2,1-4H3. The molecular formula is C13H23NS. The zero-order valence-electron chi connectivity index (χ0n) is 10.3. The Morgan fingerprint density at radius 3 is 2.60 bits per heavy atom. The SMILES string of the molecule is CCc1ccsc1CNC(CC)C(C)C. The van der Waals surface area contributed by atoms with Gasteiger partial charge in [-0.1, -0.05) is 27.7 Å². The average Bonchev–Trinajstić information content (AvgIpc) is 2.65. The second-order valence-corrected chi connectivity index (χ2v) is 5.36. The molecule has 0 fully saturated rings. The third kappa shape index (κ3) is 3.62. The molecule has 86 valence electrons. The molecule has 0 aliphatic rings. The van der Waals surface area contributed by atoms with Crippen molar-refractivity contribution in [3.05, 3.63) is 21.9 Å². The predicted octanol–water partition coefficient (Wildman–Crippen LogP) is 3.83. The fraction of sp³-hybridized carbons (Fsp3) is 0.692. The number of nitrogens with one attached hydrogen (secondary N) is 1. The zero-order valence-corrected chi connectivity index (χ0v) is 11.2. The van der Waals surface area contributed by atoms with Crippen molar-refractivity contribution in [2.24, 2.45) is 5.92 Å². The molecule has 0 saturated heterocycles. The summed E-state index contributed by atoms with van der Waals surface area (Å²) in [6.07, 6.45) is 2.36. The van der Waals surface area contributed by atoms with Crippen LogP contribution in [0.15, 0.2) is 11.4 Å². The highest BCUT2D eigenvalue weighted by Crippen LogP contribution is 2.18. The van der Waals surface area contributed by atoms with Crippen LogP contribution >= 0.6 is 11.3 Å². The maximum absolute atomic E-state index is 3.66. The molecule has 1 unspecified atom stereocenters. The molecular weight excluding hydrogens is 202 g/mol. The minimum Gasteiger partial charge on any atom is -0.309 e. The highest BCUT2D eigenvalue weighted by atomic mass is 32.1. The van der Waals surface area contributed by atoms with E-state index in [0.717, 1.165) is 18.9 Å². The molecule has 1 heterocycles. The van der Waals surface area contributed by atoms with Gasteiger partial charge in [0, 0.05) is 17.5 Å². The van der Waals surface area contributed by atoms with Crippen LogP contribution in [0.5, 0.6) is 0 Å². The normalized spacial score (nSPS) is 13.4. The van der Waals surface area contributed by atoms with Crippen molar-refractivity contribution in [2.75, 3.05) is 0 Å². The van der Waals surface area contributed by atoms with E-state index in [1.54, 1.807) is 0 Å². The van der Waals surface area contributed by atoms with Gasteiger partial charge < -0.3 is 5.32 Å². The van der Waals surface area contributed by atoms with Crippen molar-refractivity contribution in [1.29, 1.82) is 0 Å². The van der Waals surface area contributed by atoms with Crippen LogP contribution in [0.1, 0.15) is 44.6 Å². The first kappa shape index (κ1) is 12.7. The van der Waals surface area contributed by atoms with E-state index in [0.29, 0.717) is 6.04 Å². The molecule has 1 nitrogen and oxygen atoms in total. The van der Waals surface area contributed by atoms with Crippen LogP contribution < -0.4 is 5.32 Å². The van der Waals surface area contributed by atoms with Crippen LogP contribution in [0.25, 0.3) is 0 Å². The van der Waals surface area contributed by atoms with Crippen LogP contribution in [0.3, 0.4) is 0 Å². The Bertz CT molecular complexity index is 278. The molecule has 2 heteroatoms. The first-order chi connectivity index (χ1) is 7.19. The van der Waals surface area contributed by atoms with Gasteiger partial charge in [0.2, 0.25) is 0 Å². The van der Waals surface area contributed by atoms with Gasteiger partial charge in [0.25, 0.3) is 0 Å². The molecule has 0 radical (unpaired) electrons. The van der Waals surface area contributed by atoms with Crippen molar-refractivity contribution in [3.8, 4) is 0 Å². The Kier molecular flexibility index (Phi) is 5.34. The third-order valence-corrected chi connectivity index (χ3v) is 3.95.